The van der Waals surface area contributed by atoms with Crippen molar-refractivity contribution in [2.75, 3.05) is 13.1 Å². The van der Waals surface area contributed by atoms with Gasteiger partial charge in [0, 0.05) is 24.7 Å². The summed E-state index contributed by atoms with van der Waals surface area (Å²) in [6.45, 7) is 2.50. The minimum atomic E-state index is -0.440. The molecule has 0 saturated carbocycles. The highest BCUT2D eigenvalue weighted by molar-refractivity contribution is 5.96. The summed E-state index contributed by atoms with van der Waals surface area (Å²) in [5.74, 6) is -0.726. The molecule has 29 heavy (non-hydrogen) atoms. The first kappa shape index (κ1) is 20.5. The molecule has 1 aliphatic heterocycles. The normalized spacial score (nSPS) is 21.2. The zero-order chi connectivity index (χ0) is 20.6. The van der Waals surface area contributed by atoms with Crippen LogP contribution in [0.5, 0.6) is 0 Å². The zero-order valence-electron chi connectivity index (χ0n) is 16.4. The van der Waals surface area contributed by atoms with E-state index in [1.54, 1.807) is 18.2 Å². The van der Waals surface area contributed by atoms with E-state index in [1.807, 2.05) is 43.3 Å². The van der Waals surface area contributed by atoms with E-state index in [2.05, 4.69) is 21.3 Å². The van der Waals surface area contributed by atoms with E-state index in [4.69, 9.17) is 0 Å². The van der Waals surface area contributed by atoms with E-state index in [0.717, 1.165) is 11.1 Å². The van der Waals surface area contributed by atoms with Crippen LogP contribution >= 0.6 is 0 Å². The molecule has 2 atom stereocenters. The molecule has 0 radical (unpaired) electrons. The van der Waals surface area contributed by atoms with Gasteiger partial charge in [-0.1, -0.05) is 42.5 Å². The Kier molecular flexibility index (Phi) is 6.97. The van der Waals surface area contributed by atoms with Crippen molar-refractivity contribution in [2.24, 2.45) is 0 Å². The van der Waals surface area contributed by atoms with Crippen molar-refractivity contribution in [1.82, 2.24) is 21.3 Å². The highest BCUT2D eigenvalue weighted by Gasteiger charge is 2.20. The number of rotatable bonds is 2. The van der Waals surface area contributed by atoms with Crippen LogP contribution in [0.3, 0.4) is 0 Å². The molecular weight excluding hydrogens is 368 g/mol. The second-order valence-electron chi connectivity index (χ2n) is 7.22. The number of hydrogen-bond acceptors (Lipinski definition) is 4. The van der Waals surface area contributed by atoms with Crippen molar-refractivity contribution in [3.8, 4) is 0 Å². The molecule has 7 heteroatoms. The van der Waals surface area contributed by atoms with Crippen molar-refractivity contribution in [1.29, 1.82) is 0 Å². The maximum absolute atomic E-state index is 12.8. The molecule has 0 fully saturated rings. The van der Waals surface area contributed by atoms with E-state index in [1.165, 1.54) is 0 Å². The average molecular weight is 394 g/mol. The molecule has 1 aliphatic rings. The molecule has 0 aromatic heterocycles. The molecule has 2 aromatic carbocycles. The monoisotopic (exact) mass is 394 g/mol. The predicted octanol–water partition coefficient (Wildman–Crippen LogP) is 0.752. The molecule has 2 bridgehead atoms. The molecule has 152 valence electrons. The van der Waals surface area contributed by atoms with Crippen LogP contribution in [-0.2, 0) is 22.6 Å². The third-order valence-electron chi connectivity index (χ3n) is 4.74. The van der Waals surface area contributed by atoms with Crippen LogP contribution < -0.4 is 21.3 Å². The molecule has 2 unspecified atom stereocenters. The largest absolute Gasteiger partial charge is 0.351 e. The van der Waals surface area contributed by atoms with Crippen LogP contribution in [0, 0.1) is 0 Å². The summed E-state index contributed by atoms with van der Waals surface area (Å²) in [6.07, 6.45) is 0.535. The molecule has 4 N–H and O–H groups in total. The van der Waals surface area contributed by atoms with Gasteiger partial charge in [-0.2, -0.15) is 0 Å². The first-order chi connectivity index (χ1) is 14.0. The Hall–Kier alpha value is -3.19. The van der Waals surface area contributed by atoms with E-state index in [9.17, 15) is 14.4 Å². The van der Waals surface area contributed by atoms with E-state index < -0.39 is 6.04 Å². The second-order valence-corrected chi connectivity index (χ2v) is 7.22. The van der Waals surface area contributed by atoms with Gasteiger partial charge in [-0.3, -0.25) is 14.4 Å². The fourth-order valence-corrected chi connectivity index (χ4v) is 3.20. The van der Waals surface area contributed by atoms with Gasteiger partial charge >= 0.3 is 0 Å². The third-order valence-corrected chi connectivity index (χ3v) is 4.74. The summed E-state index contributed by atoms with van der Waals surface area (Å²) in [4.78, 5) is 37.2. The summed E-state index contributed by atoms with van der Waals surface area (Å²) in [6, 6.07) is 16.2. The van der Waals surface area contributed by atoms with E-state index >= 15 is 0 Å². The SMILES string of the molecule is CC1CNC(Cc2ccccc2)C(=O)NCc2cccc(c2)C(=O)NCC(=O)N1. The van der Waals surface area contributed by atoms with Crippen LogP contribution in [0.1, 0.15) is 28.4 Å². The number of hydrogen-bond donors (Lipinski definition) is 4. The number of fused-ring (bicyclic) bond motifs is 2. The molecule has 3 rings (SSSR count). The van der Waals surface area contributed by atoms with Gasteiger partial charge < -0.3 is 21.3 Å². The lowest BCUT2D eigenvalue weighted by atomic mass is 10.0. The molecule has 7 nitrogen and oxygen atoms in total. The van der Waals surface area contributed by atoms with Gasteiger partial charge in [0.1, 0.15) is 0 Å². The Balaban J connectivity index is 1.79. The first-order valence-corrected chi connectivity index (χ1v) is 9.73. The summed E-state index contributed by atoms with van der Waals surface area (Å²) >= 11 is 0. The number of carbonyl (C=O) groups is 3. The van der Waals surface area contributed by atoms with Crippen molar-refractivity contribution in [3.63, 3.8) is 0 Å². The summed E-state index contributed by atoms with van der Waals surface area (Å²) < 4.78 is 0. The lowest BCUT2D eigenvalue weighted by Crippen LogP contribution is -2.50. The van der Waals surface area contributed by atoms with E-state index in [-0.39, 0.29) is 30.3 Å². The molecule has 2 aromatic rings. The molecular formula is C22H26N4O3. The Morgan fingerprint density at radius 3 is 2.52 bits per heavy atom. The van der Waals surface area contributed by atoms with Crippen LogP contribution in [0.25, 0.3) is 0 Å². The van der Waals surface area contributed by atoms with Gasteiger partial charge in [0.15, 0.2) is 0 Å². The minimum Gasteiger partial charge on any atom is -0.351 e. The Labute approximate surface area is 170 Å². The van der Waals surface area contributed by atoms with Gasteiger partial charge in [0.2, 0.25) is 11.8 Å². The lowest BCUT2D eigenvalue weighted by Gasteiger charge is -2.21. The fourth-order valence-electron chi connectivity index (χ4n) is 3.20. The Morgan fingerprint density at radius 2 is 1.72 bits per heavy atom. The fraction of sp³-hybridized carbons (Fsp3) is 0.318. The minimum absolute atomic E-state index is 0.0992. The van der Waals surface area contributed by atoms with Gasteiger partial charge in [-0.25, -0.2) is 0 Å². The topological polar surface area (TPSA) is 99.3 Å². The second kappa shape index (κ2) is 9.84. The number of nitrogens with one attached hydrogen (secondary N) is 4. The summed E-state index contributed by atoms with van der Waals surface area (Å²) in [7, 11) is 0. The summed E-state index contributed by atoms with van der Waals surface area (Å²) in [5, 5.41) is 11.7. The predicted molar refractivity (Wildman–Crippen MR) is 110 cm³/mol. The van der Waals surface area contributed by atoms with Crippen molar-refractivity contribution >= 4 is 17.7 Å². The lowest BCUT2D eigenvalue weighted by molar-refractivity contribution is -0.123. The molecule has 0 aliphatic carbocycles. The maximum Gasteiger partial charge on any atom is 0.251 e. The first-order valence-electron chi connectivity index (χ1n) is 9.73. The highest BCUT2D eigenvalue weighted by Crippen LogP contribution is 2.07. The number of carbonyl (C=O) groups excluding carboxylic acids is 3. The maximum atomic E-state index is 12.8. The quantitative estimate of drug-likeness (QED) is 0.604. The Bertz CT molecular complexity index is 869. The van der Waals surface area contributed by atoms with Gasteiger partial charge in [0.25, 0.3) is 5.91 Å². The van der Waals surface area contributed by atoms with Crippen molar-refractivity contribution in [3.05, 3.63) is 71.3 Å². The standard InChI is InChI=1S/C22H26N4O3/c1-15-12-23-19(11-16-6-3-2-4-7-16)22(29)24-13-17-8-5-9-18(10-17)21(28)25-14-20(27)26-15/h2-10,15,19,23H,11-14H2,1H3,(H,24,29)(H,25,28)(H,26,27). The zero-order valence-corrected chi connectivity index (χ0v) is 16.4. The molecule has 0 saturated heterocycles. The smallest absolute Gasteiger partial charge is 0.251 e. The average Bonchev–Trinajstić information content (AvgIpc) is 2.73. The van der Waals surface area contributed by atoms with Crippen LogP contribution in [-0.4, -0.2) is 42.9 Å². The molecule has 1 heterocycles. The van der Waals surface area contributed by atoms with Crippen molar-refractivity contribution < 1.29 is 14.4 Å². The summed E-state index contributed by atoms with van der Waals surface area (Å²) in [5.41, 5.74) is 2.31. The van der Waals surface area contributed by atoms with Crippen molar-refractivity contribution in [2.45, 2.75) is 32.0 Å². The van der Waals surface area contributed by atoms with Crippen LogP contribution in [0.4, 0.5) is 0 Å². The highest BCUT2D eigenvalue weighted by atomic mass is 16.2. The van der Waals surface area contributed by atoms with Crippen LogP contribution in [0.2, 0.25) is 0 Å². The number of amides is 3. The van der Waals surface area contributed by atoms with Gasteiger partial charge in [-0.05, 0) is 36.6 Å². The van der Waals surface area contributed by atoms with Gasteiger partial charge in [0.05, 0.1) is 12.6 Å². The molecule has 3 amide bonds. The van der Waals surface area contributed by atoms with Crippen LogP contribution in [0.15, 0.2) is 54.6 Å². The Morgan fingerprint density at radius 1 is 0.931 bits per heavy atom. The molecule has 0 spiro atoms. The number of benzene rings is 2. The van der Waals surface area contributed by atoms with Gasteiger partial charge in [-0.15, -0.1) is 0 Å². The third kappa shape index (κ3) is 6.15. The van der Waals surface area contributed by atoms with E-state index in [0.29, 0.717) is 25.1 Å².